The number of hydrogen-bond donors (Lipinski definition) is 1. The number of carbonyl (C=O) groups is 2. The van der Waals surface area contributed by atoms with Crippen LogP contribution < -0.4 is 0 Å². The van der Waals surface area contributed by atoms with Crippen molar-refractivity contribution in [1.29, 1.82) is 0 Å². The van der Waals surface area contributed by atoms with Gasteiger partial charge in [0.05, 0.1) is 0 Å². The second kappa shape index (κ2) is 6.23. The standard InChI is InChI=1S/C13H25NO5/c1-8-9(15)14(10(16)18-12(2,3)4)11(17)19-13(5,6)7/h9,15H,8H2,1-7H3. The Morgan fingerprint density at radius 3 is 1.53 bits per heavy atom. The summed E-state index contributed by atoms with van der Waals surface area (Å²) >= 11 is 0. The van der Waals surface area contributed by atoms with Gasteiger partial charge in [-0.2, -0.15) is 4.90 Å². The zero-order valence-corrected chi connectivity index (χ0v) is 12.8. The maximum absolute atomic E-state index is 11.9. The lowest BCUT2D eigenvalue weighted by molar-refractivity contribution is -0.0444. The molecule has 0 aromatic heterocycles. The molecule has 0 fully saturated rings. The number of ether oxygens (including phenoxy) is 2. The van der Waals surface area contributed by atoms with Crippen LogP contribution in [0.15, 0.2) is 0 Å². The zero-order chi connectivity index (χ0) is 15.4. The largest absolute Gasteiger partial charge is 0.443 e. The first kappa shape index (κ1) is 17.7. The van der Waals surface area contributed by atoms with Gasteiger partial charge in [0, 0.05) is 0 Å². The second-order valence-electron chi connectivity index (χ2n) is 6.22. The van der Waals surface area contributed by atoms with Crippen molar-refractivity contribution in [2.75, 3.05) is 0 Å². The minimum Gasteiger partial charge on any atom is -0.443 e. The highest BCUT2D eigenvalue weighted by Crippen LogP contribution is 2.16. The molecule has 1 unspecified atom stereocenters. The average Bonchev–Trinajstić information content (AvgIpc) is 2.11. The molecule has 0 aliphatic heterocycles. The molecule has 6 heteroatoms. The average molecular weight is 275 g/mol. The number of aliphatic hydroxyl groups is 1. The Bertz CT molecular complexity index is 299. The molecule has 0 rings (SSSR count). The van der Waals surface area contributed by atoms with E-state index >= 15 is 0 Å². The van der Waals surface area contributed by atoms with Crippen molar-refractivity contribution in [2.45, 2.75) is 72.3 Å². The van der Waals surface area contributed by atoms with Crippen molar-refractivity contribution in [3.8, 4) is 0 Å². The van der Waals surface area contributed by atoms with E-state index in [0.29, 0.717) is 4.90 Å². The predicted molar refractivity (Wildman–Crippen MR) is 70.6 cm³/mol. The third-order valence-electron chi connectivity index (χ3n) is 1.84. The van der Waals surface area contributed by atoms with Crippen LogP contribution in [-0.4, -0.2) is 39.6 Å². The molecular formula is C13H25NO5. The van der Waals surface area contributed by atoms with Crippen LogP contribution in [0, 0.1) is 0 Å². The van der Waals surface area contributed by atoms with Gasteiger partial charge in [-0.15, -0.1) is 0 Å². The normalized spacial score (nSPS) is 13.7. The minimum absolute atomic E-state index is 0.193. The third-order valence-corrected chi connectivity index (χ3v) is 1.84. The first-order valence-corrected chi connectivity index (χ1v) is 6.30. The number of imide groups is 1. The number of carbonyl (C=O) groups excluding carboxylic acids is 2. The molecule has 1 atom stereocenters. The maximum Gasteiger partial charge on any atom is 0.421 e. The van der Waals surface area contributed by atoms with Gasteiger partial charge >= 0.3 is 12.2 Å². The van der Waals surface area contributed by atoms with Crippen LogP contribution in [0.3, 0.4) is 0 Å². The van der Waals surface area contributed by atoms with Gasteiger partial charge in [0.1, 0.15) is 17.4 Å². The van der Waals surface area contributed by atoms with E-state index in [-0.39, 0.29) is 6.42 Å². The Balaban J connectivity index is 5.02. The Kier molecular flexibility index (Phi) is 5.81. The fourth-order valence-electron chi connectivity index (χ4n) is 1.12. The first-order valence-electron chi connectivity index (χ1n) is 6.30. The van der Waals surface area contributed by atoms with Crippen molar-refractivity contribution >= 4 is 12.2 Å². The van der Waals surface area contributed by atoms with E-state index in [2.05, 4.69) is 0 Å². The van der Waals surface area contributed by atoms with E-state index in [9.17, 15) is 14.7 Å². The monoisotopic (exact) mass is 275 g/mol. The molecule has 112 valence electrons. The van der Waals surface area contributed by atoms with E-state index < -0.39 is 29.6 Å². The summed E-state index contributed by atoms with van der Waals surface area (Å²) in [5.74, 6) is 0. The molecule has 0 saturated heterocycles. The van der Waals surface area contributed by atoms with Crippen LogP contribution in [0.5, 0.6) is 0 Å². The Labute approximate surface area is 114 Å². The van der Waals surface area contributed by atoms with Crippen LogP contribution >= 0.6 is 0 Å². The van der Waals surface area contributed by atoms with E-state index in [1.54, 1.807) is 48.5 Å². The lowest BCUT2D eigenvalue weighted by atomic mass is 10.2. The van der Waals surface area contributed by atoms with Crippen LogP contribution in [0.4, 0.5) is 9.59 Å². The molecule has 0 aromatic rings. The number of amides is 2. The summed E-state index contributed by atoms with van der Waals surface area (Å²) in [6.45, 7) is 11.7. The number of aliphatic hydroxyl groups excluding tert-OH is 1. The molecule has 0 radical (unpaired) electrons. The SMILES string of the molecule is CCC(O)N(C(=O)OC(C)(C)C)C(=O)OC(C)(C)C. The number of rotatable bonds is 2. The van der Waals surface area contributed by atoms with Crippen molar-refractivity contribution in [1.82, 2.24) is 4.90 Å². The zero-order valence-electron chi connectivity index (χ0n) is 12.8. The second-order valence-corrected chi connectivity index (χ2v) is 6.22. The highest BCUT2D eigenvalue weighted by Gasteiger charge is 2.35. The van der Waals surface area contributed by atoms with E-state index in [1.807, 2.05) is 0 Å². The molecule has 2 amide bonds. The van der Waals surface area contributed by atoms with Crippen molar-refractivity contribution in [2.24, 2.45) is 0 Å². The summed E-state index contributed by atoms with van der Waals surface area (Å²) in [6, 6.07) is 0. The summed E-state index contributed by atoms with van der Waals surface area (Å²) in [4.78, 5) is 24.5. The van der Waals surface area contributed by atoms with Crippen LogP contribution in [-0.2, 0) is 9.47 Å². The first-order chi connectivity index (χ1) is 8.37. The molecule has 0 aliphatic rings. The topological polar surface area (TPSA) is 76.1 Å². The van der Waals surface area contributed by atoms with Gasteiger partial charge in [-0.1, -0.05) is 6.92 Å². The lowest BCUT2D eigenvalue weighted by Gasteiger charge is -2.30. The van der Waals surface area contributed by atoms with Crippen LogP contribution in [0.1, 0.15) is 54.9 Å². The quantitative estimate of drug-likeness (QED) is 0.784. The van der Waals surface area contributed by atoms with Crippen molar-refractivity contribution in [3.63, 3.8) is 0 Å². The van der Waals surface area contributed by atoms with Gasteiger partial charge in [0.25, 0.3) is 0 Å². The molecule has 0 spiro atoms. The van der Waals surface area contributed by atoms with Gasteiger partial charge in [-0.05, 0) is 48.0 Å². The van der Waals surface area contributed by atoms with Gasteiger partial charge in [0.15, 0.2) is 0 Å². The van der Waals surface area contributed by atoms with Gasteiger partial charge in [-0.3, -0.25) is 0 Å². The molecule has 19 heavy (non-hydrogen) atoms. The fourth-order valence-corrected chi connectivity index (χ4v) is 1.12. The Hall–Kier alpha value is -1.30. The summed E-state index contributed by atoms with van der Waals surface area (Å²) < 4.78 is 10.2. The van der Waals surface area contributed by atoms with E-state index in [0.717, 1.165) is 0 Å². The van der Waals surface area contributed by atoms with Gasteiger partial charge < -0.3 is 14.6 Å². The number of hydrogen-bond acceptors (Lipinski definition) is 5. The van der Waals surface area contributed by atoms with Crippen LogP contribution in [0.25, 0.3) is 0 Å². The molecule has 0 aliphatic carbocycles. The van der Waals surface area contributed by atoms with Crippen molar-refractivity contribution in [3.05, 3.63) is 0 Å². The molecule has 1 N–H and O–H groups in total. The summed E-state index contributed by atoms with van der Waals surface area (Å²) in [5, 5.41) is 9.78. The fraction of sp³-hybridized carbons (Fsp3) is 0.846. The predicted octanol–water partition coefficient (Wildman–Crippen LogP) is 2.89. The maximum atomic E-state index is 11.9. The summed E-state index contributed by atoms with van der Waals surface area (Å²) in [7, 11) is 0. The van der Waals surface area contributed by atoms with Gasteiger partial charge in [-0.25, -0.2) is 9.59 Å². The molecular weight excluding hydrogens is 250 g/mol. The number of nitrogens with zero attached hydrogens (tertiary/aromatic N) is 1. The summed E-state index contributed by atoms with van der Waals surface area (Å²) in [5.41, 5.74) is -1.52. The highest BCUT2D eigenvalue weighted by molar-refractivity contribution is 5.88. The molecule has 0 aromatic carbocycles. The third kappa shape index (κ3) is 7.00. The summed E-state index contributed by atoms with van der Waals surface area (Å²) in [6.07, 6.45) is -2.92. The molecule has 0 saturated carbocycles. The van der Waals surface area contributed by atoms with E-state index in [1.165, 1.54) is 0 Å². The Morgan fingerprint density at radius 2 is 1.32 bits per heavy atom. The highest BCUT2D eigenvalue weighted by atomic mass is 16.6. The lowest BCUT2D eigenvalue weighted by Crippen LogP contribution is -2.48. The molecule has 0 bridgehead atoms. The Morgan fingerprint density at radius 1 is 1.00 bits per heavy atom. The van der Waals surface area contributed by atoms with E-state index in [4.69, 9.17) is 9.47 Å². The van der Waals surface area contributed by atoms with Gasteiger partial charge in [0.2, 0.25) is 0 Å². The van der Waals surface area contributed by atoms with Crippen molar-refractivity contribution < 1.29 is 24.2 Å². The molecule has 6 nitrogen and oxygen atoms in total. The minimum atomic E-state index is -1.27. The smallest absolute Gasteiger partial charge is 0.421 e. The van der Waals surface area contributed by atoms with Crippen LogP contribution in [0.2, 0.25) is 0 Å². The molecule has 0 heterocycles.